The topological polar surface area (TPSA) is 98.5 Å². The molecule has 0 unspecified atom stereocenters. The van der Waals surface area contributed by atoms with Crippen LogP contribution in [0.25, 0.3) is 0 Å². The third-order valence-corrected chi connectivity index (χ3v) is 6.78. The standard InChI is InChI=1S/C29H37FN4O6/c1-22-31-10-11-33(22)14-15-39-26-9-4-23(16-27(26)38-3)17-32-12-13-34(28(35)18-37-2)20-29(36,19-32)21-40-25-7-5-24(30)6-8-25/h4-11,16,36H,12-15,17-21H2,1-3H3/t29-/m0/s1. The Morgan fingerprint density at radius 3 is 2.58 bits per heavy atom. The van der Waals surface area contributed by atoms with Gasteiger partial charge in [0.15, 0.2) is 11.5 Å². The molecule has 1 aromatic heterocycles. The van der Waals surface area contributed by atoms with Crippen LogP contribution < -0.4 is 14.2 Å². The van der Waals surface area contributed by atoms with Crippen molar-refractivity contribution >= 4 is 5.91 Å². The minimum Gasteiger partial charge on any atom is -0.493 e. The van der Waals surface area contributed by atoms with Crippen LogP contribution in [0.4, 0.5) is 4.39 Å². The monoisotopic (exact) mass is 556 g/mol. The van der Waals surface area contributed by atoms with E-state index in [0.717, 1.165) is 11.4 Å². The number of benzene rings is 2. The van der Waals surface area contributed by atoms with Crippen molar-refractivity contribution in [2.24, 2.45) is 0 Å². The predicted molar refractivity (Wildman–Crippen MR) is 146 cm³/mol. The van der Waals surface area contributed by atoms with Gasteiger partial charge in [-0.1, -0.05) is 6.07 Å². The van der Waals surface area contributed by atoms with Crippen LogP contribution in [0.1, 0.15) is 11.4 Å². The number of hydrogen-bond donors (Lipinski definition) is 1. The Morgan fingerprint density at radius 1 is 1.07 bits per heavy atom. The molecule has 11 heteroatoms. The fraction of sp³-hybridized carbons (Fsp3) is 0.448. The van der Waals surface area contributed by atoms with Crippen molar-refractivity contribution in [3.63, 3.8) is 0 Å². The minimum absolute atomic E-state index is 0.0710. The molecule has 0 aliphatic carbocycles. The quantitative estimate of drug-likeness (QED) is 0.364. The van der Waals surface area contributed by atoms with E-state index in [9.17, 15) is 14.3 Å². The fourth-order valence-corrected chi connectivity index (χ4v) is 4.73. The molecule has 0 bridgehead atoms. The van der Waals surface area contributed by atoms with Crippen LogP contribution in [0.2, 0.25) is 0 Å². The number of hydrogen-bond acceptors (Lipinski definition) is 8. The fourth-order valence-electron chi connectivity index (χ4n) is 4.73. The number of imidazole rings is 1. The number of β-amino-alcohol motifs (C(OH)–C–C–N with tert-alkyl or cyclic N) is 1. The number of aromatic nitrogens is 2. The van der Waals surface area contributed by atoms with Crippen molar-refractivity contribution < 1.29 is 33.2 Å². The van der Waals surface area contributed by atoms with Gasteiger partial charge in [-0.3, -0.25) is 9.69 Å². The summed E-state index contributed by atoms with van der Waals surface area (Å²) in [6.07, 6.45) is 3.67. The highest BCUT2D eigenvalue weighted by molar-refractivity contribution is 5.77. The number of carbonyl (C=O) groups is 1. The molecule has 0 saturated carbocycles. The molecule has 1 aliphatic rings. The van der Waals surface area contributed by atoms with Gasteiger partial charge >= 0.3 is 0 Å². The van der Waals surface area contributed by atoms with E-state index in [4.69, 9.17) is 18.9 Å². The normalized spacial score (nSPS) is 17.9. The molecule has 3 aromatic rings. The maximum Gasteiger partial charge on any atom is 0.248 e. The van der Waals surface area contributed by atoms with Gasteiger partial charge in [-0.2, -0.15) is 0 Å². The Balaban J connectivity index is 1.44. The highest BCUT2D eigenvalue weighted by atomic mass is 19.1. The summed E-state index contributed by atoms with van der Waals surface area (Å²) in [6.45, 7) is 4.75. The third-order valence-electron chi connectivity index (χ3n) is 6.78. The average Bonchev–Trinajstić information content (AvgIpc) is 3.27. The van der Waals surface area contributed by atoms with Crippen LogP contribution in [0.15, 0.2) is 54.9 Å². The summed E-state index contributed by atoms with van der Waals surface area (Å²) in [6, 6.07) is 11.4. The first-order valence-corrected chi connectivity index (χ1v) is 13.2. The molecule has 1 N–H and O–H groups in total. The Bertz CT molecular complexity index is 1250. The largest absolute Gasteiger partial charge is 0.493 e. The molecule has 40 heavy (non-hydrogen) atoms. The molecule has 2 aromatic carbocycles. The van der Waals surface area contributed by atoms with Gasteiger partial charge < -0.3 is 33.5 Å². The average molecular weight is 557 g/mol. The summed E-state index contributed by atoms with van der Waals surface area (Å²) in [5, 5.41) is 11.6. The molecule has 4 rings (SSSR count). The molecule has 0 radical (unpaired) electrons. The number of methoxy groups -OCH3 is 2. The second-order valence-corrected chi connectivity index (χ2v) is 9.93. The maximum atomic E-state index is 13.3. The lowest BCUT2D eigenvalue weighted by Gasteiger charge is -2.33. The number of carbonyl (C=O) groups excluding carboxylic acids is 1. The minimum atomic E-state index is -1.37. The zero-order valence-corrected chi connectivity index (χ0v) is 23.2. The number of aryl methyl sites for hydroxylation is 1. The Hall–Kier alpha value is -3.67. The van der Waals surface area contributed by atoms with Gasteiger partial charge in [-0.05, 0) is 48.9 Å². The van der Waals surface area contributed by atoms with Crippen molar-refractivity contribution in [2.75, 3.05) is 60.2 Å². The first-order valence-electron chi connectivity index (χ1n) is 13.2. The van der Waals surface area contributed by atoms with Gasteiger partial charge in [-0.25, -0.2) is 9.37 Å². The molecule has 216 valence electrons. The van der Waals surface area contributed by atoms with Gasteiger partial charge in [0.1, 0.15) is 42.8 Å². The number of nitrogens with zero attached hydrogens (tertiary/aromatic N) is 4. The number of aliphatic hydroxyl groups is 1. The summed E-state index contributed by atoms with van der Waals surface area (Å²) in [5.41, 5.74) is -0.402. The molecule has 1 aliphatic heterocycles. The second-order valence-electron chi connectivity index (χ2n) is 9.93. The van der Waals surface area contributed by atoms with Crippen LogP contribution in [0, 0.1) is 12.7 Å². The summed E-state index contributed by atoms with van der Waals surface area (Å²) in [5.74, 6) is 2.03. The molecular formula is C29H37FN4O6. The Labute approximate surface area is 233 Å². The molecule has 10 nitrogen and oxygen atoms in total. The van der Waals surface area contributed by atoms with Crippen LogP contribution in [-0.2, 0) is 22.6 Å². The van der Waals surface area contributed by atoms with Gasteiger partial charge in [0, 0.05) is 45.7 Å². The Kier molecular flexibility index (Phi) is 9.97. The third kappa shape index (κ3) is 7.93. The SMILES string of the molecule is COCC(=O)N1CCN(Cc2ccc(OCCn3ccnc3C)c(OC)c2)C[C@@](O)(COc2ccc(F)cc2)C1. The second kappa shape index (κ2) is 13.6. The van der Waals surface area contributed by atoms with E-state index in [1.54, 1.807) is 18.2 Å². The van der Waals surface area contributed by atoms with E-state index >= 15 is 0 Å². The highest BCUT2D eigenvalue weighted by Crippen LogP contribution is 2.29. The molecule has 1 amide bonds. The number of rotatable bonds is 12. The van der Waals surface area contributed by atoms with Crippen molar-refractivity contribution in [2.45, 2.75) is 25.6 Å². The lowest BCUT2D eigenvalue weighted by atomic mass is 10.0. The van der Waals surface area contributed by atoms with E-state index in [0.29, 0.717) is 50.0 Å². The van der Waals surface area contributed by atoms with Crippen molar-refractivity contribution in [1.82, 2.24) is 19.4 Å². The van der Waals surface area contributed by atoms with Crippen LogP contribution in [0.5, 0.6) is 17.2 Å². The first kappa shape index (κ1) is 29.3. The van der Waals surface area contributed by atoms with Crippen LogP contribution in [-0.4, -0.2) is 96.2 Å². The summed E-state index contributed by atoms with van der Waals surface area (Å²) in [4.78, 5) is 20.6. The smallest absolute Gasteiger partial charge is 0.248 e. The van der Waals surface area contributed by atoms with Crippen molar-refractivity contribution in [3.05, 3.63) is 72.1 Å². The predicted octanol–water partition coefficient (Wildman–Crippen LogP) is 2.52. The van der Waals surface area contributed by atoms with E-state index in [-0.39, 0.29) is 38.0 Å². The number of amides is 1. The first-order chi connectivity index (χ1) is 19.3. The van der Waals surface area contributed by atoms with Gasteiger partial charge in [0.25, 0.3) is 0 Å². The molecule has 2 heterocycles. The molecule has 1 saturated heterocycles. The van der Waals surface area contributed by atoms with Gasteiger partial charge in [0.05, 0.1) is 20.2 Å². The van der Waals surface area contributed by atoms with Crippen molar-refractivity contribution in [3.8, 4) is 17.2 Å². The molecule has 1 atom stereocenters. The van der Waals surface area contributed by atoms with Crippen molar-refractivity contribution in [1.29, 1.82) is 0 Å². The summed E-state index contributed by atoms with van der Waals surface area (Å²) < 4.78 is 37.7. The summed E-state index contributed by atoms with van der Waals surface area (Å²) in [7, 11) is 3.06. The molecule has 1 fully saturated rings. The lowest BCUT2D eigenvalue weighted by Crippen LogP contribution is -2.52. The van der Waals surface area contributed by atoms with Crippen LogP contribution in [0.3, 0.4) is 0 Å². The van der Waals surface area contributed by atoms with Gasteiger partial charge in [0.2, 0.25) is 5.91 Å². The van der Waals surface area contributed by atoms with E-state index < -0.39 is 5.60 Å². The summed E-state index contributed by atoms with van der Waals surface area (Å²) >= 11 is 0. The number of ether oxygens (including phenoxy) is 4. The maximum absolute atomic E-state index is 13.3. The van der Waals surface area contributed by atoms with E-state index in [1.165, 1.54) is 31.4 Å². The highest BCUT2D eigenvalue weighted by Gasteiger charge is 2.37. The van der Waals surface area contributed by atoms with E-state index in [2.05, 4.69) is 9.88 Å². The number of halogens is 1. The van der Waals surface area contributed by atoms with E-state index in [1.807, 2.05) is 35.9 Å². The zero-order chi connectivity index (χ0) is 28.5. The lowest BCUT2D eigenvalue weighted by molar-refractivity contribution is -0.138. The van der Waals surface area contributed by atoms with Gasteiger partial charge in [-0.15, -0.1) is 0 Å². The molecule has 0 spiro atoms. The zero-order valence-electron chi connectivity index (χ0n) is 23.2. The molecular weight excluding hydrogens is 519 g/mol. The van der Waals surface area contributed by atoms with Crippen LogP contribution >= 0.6 is 0 Å². The Morgan fingerprint density at radius 2 is 1.88 bits per heavy atom.